The lowest BCUT2D eigenvalue weighted by atomic mass is 10.0. The summed E-state index contributed by atoms with van der Waals surface area (Å²) >= 11 is 2.15. The Labute approximate surface area is 96.0 Å². The van der Waals surface area contributed by atoms with Gasteiger partial charge in [0.05, 0.1) is 16.2 Å². The Kier molecular flexibility index (Phi) is 2.62. The molecule has 74 valence electrons. The Balaban J connectivity index is 2.60. The van der Waals surface area contributed by atoms with Crippen LogP contribution in [-0.4, -0.2) is 19.6 Å². The fraction of sp³-hybridized carbons (Fsp3) is 0.300. The Hall–Kier alpha value is -0.780. The molecular weight excluding hydrogens is 293 g/mol. The fourth-order valence-corrected chi connectivity index (χ4v) is 2.60. The summed E-state index contributed by atoms with van der Waals surface area (Å²) in [6.07, 6.45) is 0.904. The molecule has 1 heterocycles. The van der Waals surface area contributed by atoms with Crippen LogP contribution in [0.5, 0.6) is 5.75 Å². The summed E-state index contributed by atoms with van der Waals surface area (Å²) in [5, 5.41) is 2.83. The van der Waals surface area contributed by atoms with Crippen molar-refractivity contribution in [1.82, 2.24) is 5.32 Å². The maximum atomic E-state index is 11.6. The van der Waals surface area contributed by atoms with E-state index in [1.165, 1.54) is 0 Å². The number of hydrogen-bond acceptors (Lipinski definition) is 2. The smallest absolute Gasteiger partial charge is 0.252 e. The average Bonchev–Trinajstić information content (AvgIpc) is 2.18. The molecule has 1 aliphatic heterocycles. The van der Waals surface area contributed by atoms with E-state index in [0.29, 0.717) is 0 Å². The zero-order valence-corrected chi connectivity index (χ0v) is 9.92. The molecule has 0 radical (unpaired) electrons. The van der Waals surface area contributed by atoms with Crippen LogP contribution in [0.15, 0.2) is 12.1 Å². The third-order valence-corrected chi connectivity index (χ3v) is 3.39. The maximum absolute atomic E-state index is 11.6. The van der Waals surface area contributed by atoms with Gasteiger partial charge in [0, 0.05) is 6.54 Å². The number of ether oxygens (including phenoxy) is 1. The molecule has 1 amide bonds. The van der Waals surface area contributed by atoms with Crippen LogP contribution < -0.4 is 10.1 Å². The number of rotatable bonds is 1. The van der Waals surface area contributed by atoms with Gasteiger partial charge in [-0.3, -0.25) is 4.79 Å². The van der Waals surface area contributed by atoms with Gasteiger partial charge in [0.2, 0.25) is 0 Å². The first-order valence-corrected chi connectivity index (χ1v) is 5.45. The monoisotopic (exact) mass is 303 g/mol. The molecule has 3 nitrogen and oxygen atoms in total. The molecule has 0 spiro atoms. The first-order valence-electron chi connectivity index (χ1n) is 4.37. The van der Waals surface area contributed by atoms with Crippen molar-refractivity contribution in [2.24, 2.45) is 0 Å². The van der Waals surface area contributed by atoms with Crippen molar-refractivity contribution < 1.29 is 9.53 Å². The molecule has 0 unspecified atom stereocenters. The van der Waals surface area contributed by atoms with Crippen molar-refractivity contribution in [1.29, 1.82) is 0 Å². The van der Waals surface area contributed by atoms with Crippen molar-refractivity contribution in [2.75, 3.05) is 13.7 Å². The predicted molar refractivity (Wildman–Crippen MR) is 61.7 cm³/mol. The quantitative estimate of drug-likeness (QED) is 0.800. The van der Waals surface area contributed by atoms with E-state index in [4.69, 9.17) is 4.74 Å². The lowest BCUT2D eigenvalue weighted by Crippen LogP contribution is -2.32. The summed E-state index contributed by atoms with van der Waals surface area (Å²) < 4.78 is 6.07. The minimum atomic E-state index is 0.00884. The topological polar surface area (TPSA) is 38.3 Å². The van der Waals surface area contributed by atoms with Crippen molar-refractivity contribution in [3.8, 4) is 5.75 Å². The molecule has 14 heavy (non-hydrogen) atoms. The number of nitrogens with one attached hydrogen (secondary N) is 1. The van der Waals surface area contributed by atoms with E-state index in [9.17, 15) is 4.79 Å². The molecule has 0 fully saturated rings. The third kappa shape index (κ3) is 1.47. The summed E-state index contributed by atoms with van der Waals surface area (Å²) in [6, 6.07) is 3.88. The average molecular weight is 303 g/mol. The van der Waals surface area contributed by atoms with E-state index in [-0.39, 0.29) is 5.91 Å². The Morgan fingerprint density at radius 2 is 2.29 bits per heavy atom. The van der Waals surface area contributed by atoms with Gasteiger partial charge in [0.1, 0.15) is 5.75 Å². The second-order valence-corrected chi connectivity index (χ2v) is 4.20. The van der Waals surface area contributed by atoms with Gasteiger partial charge in [-0.05, 0) is 40.6 Å². The summed E-state index contributed by atoms with van der Waals surface area (Å²) in [6.45, 7) is 0.730. The highest BCUT2D eigenvalue weighted by Gasteiger charge is 2.21. The van der Waals surface area contributed by atoms with E-state index in [2.05, 4.69) is 27.9 Å². The van der Waals surface area contributed by atoms with Gasteiger partial charge in [0.15, 0.2) is 0 Å². The van der Waals surface area contributed by atoms with Crippen LogP contribution >= 0.6 is 22.6 Å². The highest BCUT2D eigenvalue weighted by atomic mass is 127. The first-order chi connectivity index (χ1) is 6.74. The summed E-state index contributed by atoms with van der Waals surface area (Å²) in [7, 11) is 1.62. The van der Waals surface area contributed by atoms with Crippen molar-refractivity contribution in [3.63, 3.8) is 0 Å². The second kappa shape index (κ2) is 3.76. The number of amides is 1. The van der Waals surface area contributed by atoms with E-state index in [0.717, 1.165) is 33.4 Å². The van der Waals surface area contributed by atoms with Crippen LogP contribution in [0, 0.1) is 3.57 Å². The molecule has 0 bridgehead atoms. The molecule has 1 aliphatic rings. The number of halogens is 1. The van der Waals surface area contributed by atoms with Crippen LogP contribution in [0.3, 0.4) is 0 Å². The lowest BCUT2D eigenvalue weighted by Gasteiger charge is -2.18. The molecule has 4 heteroatoms. The Morgan fingerprint density at radius 1 is 1.50 bits per heavy atom. The molecular formula is C10H10INO2. The van der Waals surface area contributed by atoms with Crippen LogP contribution in [-0.2, 0) is 6.42 Å². The number of benzene rings is 1. The number of fused-ring (bicyclic) bond motifs is 1. The van der Waals surface area contributed by atoms with Crippen LogP contribution in [0.2, 0.25) is 0 Å². The van der Waals surface area contributed by atoms with E-state index in [1.54, 1.807) is 7.11 Å². The Bertz CT molecular complexity index is 390. The molecule has 2 rings (SSSR count). The molecule has 0 saturated heterocycles. The SMILES string of the molecule is COc1ccc2c(c1I)C(=O)NCC2. The van der Waals surface area contributed by atoms with Crippen LogP contribution in [0.25, 0.3) is 0 Å². The van der Waals surface area contributed by atoms with Gasteiger partial charge >= 0.3 is 0 Å². The van der Waals surface area contributed by atoms with E-state index >= 15 is 0 Å². The largest absolute Gasteiger partial charge is 0.496 e. The van der Waals surface area contributed by atoms with Crippen LogP contribution in [0.1, 0.15) is 15.9 Å². The van der Waals surface area contributed by atoms with E-state index in [1.807, 2.05) is 12.1 Å². The van der Waals surface area contributed by atoms with Gasteiger partial charge < -0.3 is 10.1 Å². The maximum Gasteiger partial charge on any atom is 0.252 e. The number of hydrogen-bond donors (Lipinski definition) is 1. The molecule has 0 aliphatic carbocycles. The summed E-state index contributed by atoms with van der Waals surface area (Å²) in [4.78, 5) is 11.6. The molecule has 0 atom stereocenters. The van der Waals surface area contributed by atoms with Gasteiger partial charge in [-0.15, -0.1) is 0 Å². The van der Waals surface area contributed by atoms with Crippen molar-refractivity contribution in [3.05, 3.63) is 26.8 Å². The highest BCUT2D eigenvalue weighted by Crippen LogP contribution is 2.28. The van der Waals surface area contributed by atoms with Crippen molar-refractivity contribution in [2.45, 2.75) is 6.42 Å². The predicted octanol–water partition coefficient (Wildman–Crippen LogP) is 1.59. The normalized spacial score (nSPS) is 14.6. The second-order valence-electron chi connectivity index (χ2n) is 3.12. The minimum absolute atomic E-state index is 0.00884. The number of carbonyl (C=O) groups excluding carboxylic acids is 1. The van der Waals surface area contributed by atoms with Crippen LogP contribution in [0.4, 0.5) is 0 Å². The van der Waals surface area contributed by atoms with Crippen molar-refractivity contribution >= 4 is 28.5 Å². The molecule has 1 aromatic carbocycles. The standard InChI is InChI=1S/C10H10INO2/c1-14-7-3-2-6-4-5-12-10(13)8(6)9(7)11/h2-3H,4-5H2,1H3,(H,12,13). The van der Waals surface area contributed by atoms with Gasteiger partial charge in [-0.1, -0.05) is 6.07 Å². The highest BCUT2D eigenvalue weighted by molar-refractivity contribution is 14.1. The minimum Gasteiger partial charge on any atom is -0.496 e. The van der Waals surface area contributed by atoms with Gasteiger partial charge in [-0.2, -0.15) is 0 Å². The van der Waals surface area contributed by atoms with Gasteiger partial charge in [-0.25, -0.2) is 0 Å². The summed E-state index contributed by atoms with van der Waals surface area (Å²) in [5.41, 5.74) is 1.88. The molecule has 1 aromatic rings. The zero-order chi connectivity index (χ0) is 10.1. The first kappa shape index (κ1) is 9.76. The molecule has 0 aromatic heterocycles. The fourth-order valence-electron chi connectivity index (χ4n) is 1.61. The Morgan fingerprint density at radius 3 is 3.00 bits per heavy atom. The molecule has 0 saturated carbocycles. The summed E-state index contributed by atoms with van der Waals surface area (Å²) in [5.74, 6) is 0.774. The number of methoxy groups -OCH3 is 1. The zero-order valence-electron chi connectivity index (χ0n) is 7.76. The van der Waals surface area contributed by atoms with Gasteiger partial charge in [0.25, 0.3) is 5.91 Å². The number of carbonyl (C=O) groups is 1. The third-order valence-electron chi connectivity index (χ3n) is 2.32. The van der Waals surface area contributed by atoms with E-state index < -0.39 is 0 Å². The molecule has 1 N–H and O–H groups in total. The lowest BCUT2D eigenvalue weighted by molar-refractivity contribution is 0.0944.